The molecule has 0 atom stereocenters. The van der Waals surface area contributed by atoms with Crippen molar-refractivity contribution in [3.63, 3.8) is 0 Å². The average molecular weight is 358 g/mol. The Morgan fingerprint density at radius 3 is 2.29 bits per heavy atom. The van der Waals surface area contributed by atoms with Gasteiger partial charge < -0.3 is 4.98 Å². The van der Waals surface area contributed by atoms with E-state index in [0.717, 1.165) is 0 Å². The highest BCUT2D eigenvalue weighted by molar-refractivity contribution is 6.28. The second kappa shape index (κ2) is 8.68. The van der Waals surface area contributed by atoms with Crippen LogP contribution in [0.25, 0.3) is 23.4 Å². The molecule has 0 aliphatic rings. The van der Waals surface area contributed by atoms with Gasteiger partial charge in [0.2, 0.25) is 5.28 Å². The third-order valence-corrected chi connectivity index (χ3v) is 3.12. The van der Waals surface area contributed by atoms with Gasteiger partial charge in [-0.3, -0.25) is 0 Å². The van der Waals surface area contributed by atoms with Crippen LogP contribution in [0.1, 0.15) is 44.5 Å². The molecule has 0 aromatic carbocycles. The van der Waals surface area contributed by atoms with Crippen molar-refractivity contribution in [2.24, 2.45) is 0 Å². The first kappa shape index (κ1) is 20.0. The van der Waals surface area contributed by atoms with Crippen molar-refractivity contribution in [1.29, 1.82) is 0 Å². The van der Waals surface area contributed by atoms with Crippen LogP contribution in [-0.2, 0) is 6.18 Å². The molecule has 1 N–H and O–H groups in total. The monoisotopic (exact) mass is 357 g/mol. The van der Waals surface area contributed by atoms with Crippen molar-refractivity contribution in [2.45, 2.75) is 33.9 Å². The topological polar surface area (TPSA) is 41.6 Å². The lowest BCUT2D eigenvalue weighted by atomic mass is 10.0. The summed E-state index contributed by atoms with van der Waals surface area (Å²) in [5, 5.41) is -0.233. The van der Waals surface area contributed by atoms with Gasteiger partial charge in [-0.15, -0.1) is 0 Å². The van der Waals surface area contributed by atoms with Gasteiger partial charge in [-0.1, -0.05) is 32.1 Å². The number of halogens is 4. The summed E-state index contributed by atoms with van der Waals surface area (Å²) in [6.45, 7) is 7.61. The normalized spacial score (nSPS) is 11.8. The van der Waals surface area contributed by atoms with Gasteiger partial charge in [0.15, 0.2) is 0 Å². The third kappa shape index (κ3) is 4.47. The van der Waals surface area contributed by atoms with Gasteiger partial charge in [0.1, 0.15) is 5.56 Å². The zero-order valence-corrected chi connectivity index (χ0v) is 14.6. The molecule has 0 fully saturated rings. The average Bonchev–Trinajstić information content (AvgIpc) is 2.92. The van der Waals surface area contributed by atoms with E-state index in [-0.39, 0.29) is 11.0 Å². The maximum atomic E-state index is 13.2. The lowest BCUT2D eigenvalue weighted by Crippen LogP contribution is -2.09. The fourth-order valence-electron chi connectivity index (χ4n) is 2.07. The Labute approximate surface area is 144 Å². The van der Waals surface area contributed by atoms with Crippen molar-refractivity contribution in [1.82, 2.24) is 15.0 Å². The van der Waals surface area contributed by atoms with Gasteiger partial charge in [-0.25, -0.2) is 9.97 Å². The van der Waals surface area contributed by atoms with Crippen molar-refractivity contribution < 1.29 is 13.2 Å². The van der Waals surface area contributed by atoms with E-state index in [2.05, 4.69) is 15.0 Å². The van der Waals surface area contributed by atoms with Crippen molar-refractivity contribution in [3.8, 4) is 11.3 Å². The minimum Gasteiger partial charge on any atom is -0.360 e. The number of aromatic amines is 1. The maximum absolute atomic E-state index is 13.2. The zero-order valence-electron chi connectivity index (χ0n) is 13.9. The molecule has 0 saturated carbocycles. The number of H-pyrrole nitrogens is 1. The van der Waals surface area contributed by atoms with Gasteiger partial charge in [-0.05, 0) is 31.5 Å². The molecule has 0 radical (unpaired) electrons. The Morgan fingerprint density at radius 1 is 1.12 bits per heavy atom. The number of nitrogens with one attached hydrogen (secondary N) is 1. The summed E-state index contributed by atoms with van der Waals surface area (Å²) in [5.74, 6) is 0. The van der Waals surface area contributed by atoms with Gasteiger partial charge in [0, 0.05) is 29.2 Å². The summed E-state index contributed by atoms with van der Waals surface area (Å²) < 4.78 is 39.5. The van der Waals surface area contributed by atoms with Gasteiger partial charge in [-0.2, -0.15) is 13.2 Å². The largest absolute Gasteiger partial charge is 0.419 e. The minimum atomic E-state index is -4.56. The molecule has 0 bridgehead atoms. The summed E-state index contributed by atoms with van der Waals surface area (Å²) in [5.41, 5.74) is 0.462. The Bertz CT molecular complexity index is 731. The van der Waals surface area contributed by atoms with Crippen LogP contribution >= 0.6 is 11.6 Å². The summed E-state index contributed by atoms with van der Waals surface area (Å²) in [6, 6.07) is 0. The van der Waals surface area contributed by atoms with Crippen LogP contribution in [0.15, 0.2) is 24.5 Å². The van der Waals surface area contributed by atoms with Crippen LogP contribution in [0, 0.1) is 0 Å². The highest BCUT2D eigenvalue weighted by atomic mass is 35.5. The van der Waals surface area contributed by atoms with E-state index in [1.54, 1.807) is 31.2 Å². The van der Waals surface area contributed by atoms with E-state index < -0.39 is 11.7 Å². The van der Waals surface area contributed by atoms with Crippen LogP contribution in [0.5, 0.6) is 0 Å². The van der Waals surface area contributed by atoms with Crippen molar-refractivity contribution in [2.75, 3.05) is 0 Å². The Balaban J connectivity index is 0.00000139. The molecule has 7 heteroatoms. The highest BCUT2D eigenvalue weighted by Crippen LogP contribution is 2.38. The first-order chi connectivity index (χ1) is 11.4. The molecule has 0 aliphatic carbocycles. The van der Waals surface area contributed by atoms with Crippen LogP contribution in [0.3, 0.4) is 0 Å². The number of nitrogens with zero attached hydrogens (tertiary/aromatic N) is 2. The van der Waals surface area contributed by atoms with Crippen LogP contribution in [-0.4, -0.2) is 15.0 Å². The zero-order chi connectivity index (χ0) is 18.3. The van der Waals surface area contributed by atoms with Crippen LogP contribution in [0.2, 0.25) is 5.28 Å². The van der Waals surface area contributed by atoms with E-state index in [4.69, 9.17) is 11.6 Å². The molecule has 0 unspecified atom stereocenters. The molecule has 2 rings (SSSR count). The van der Waals surface area contributed by atoms with Gasteiger partial charge in [0.25, 0.3) is 0 Å². The van der Waals surface area contributed by atoms with Crippen molar-refractivity contribution >= 4 is 23.8 Å². The summed E-state index contributed by atoms with van der Waals surface area (Å²) in [4.78, 5) is 10.2. The second-order valence-corrected chi connectivity index (χ2v) is 4.77. The fraction of sp³-hybridized carbons (Fsp3) is 0.294. The number of alkyl halides is 3. The number of hydrogen-bond donors (Lipinski definition) is 1. The van der Waals surface area contributed by atoms with E-state index >= 15 is 0 Å². The molecule has 2 aromatic rings. The minimum absolute atomic E-state index is 0.233. The molecule has 2 aromatic heterocycles. The van der Waals surface area contributed by atoms with Crippen LogP contribution in [0.4, 0.5) is 13.2 Å². The maximum Gasteiger partial charge on any atom is 0.419 e. The lowest BCUT2D eigenvalue weighted by molar-refractivity contribution is -0.137. The number of hydrogen-bond acceptors (Lipinski definition) is 2. The number of rotatable bonds is 3. The standard InChI is InChI=1S/C15H13ClF3N3.C2H6/c1-3-5-9-10(7-20-12(9)6-4-2)13-11(15(17,18)19)8-21-14(16)22-13;1-2/h3-8,20H,1-2H3;1-2H3/b5-3-,6-4-;. The molecular formula is C17H19ClF3N3. The quantitative estimate of drug-likeness (QED) is 0.661. The number of aromatic nitrogens is 3. The second-order valence-electron chi connectivity index (χ2n) is 4.43. The van der Waals surface area contributed by atoms with E-state index in [1.807, 2.05) is 20.8 Å². The lowest BCUT2D eigenvalue weighted by Gasteiger charge is -2.11. The van der Waals surface area contributed by atoms with Crippen molar-refractivity contribution in [3.05, 3.63) is 46.7 Å². The molecule has 24 heavy (non-hydrogen) atoms. The van der Waals surface area contributed by atoms with E-state index in [9.17, 15) is 13.2 Å². The highest BCUT2D eigenvalue weighted by Gasteiger charge is 2.36. The van der Waals surface area contributed by atoms with Gasteiger partial charge >= 0.3 is 6.18 Å². The van der Waals surface area contributed by atoms with Crippen LogP contribution < -0.4 is 0 Å². The molecule has 0 spiro atoms. The molecule has 3 nitrogen and oxygen atoms in total. The first-order valence-electron chi connectivity index (χ1n) is 7.45. The Morgan fingerprint density at radius 2 is 1.75 bits per heavy atom. The predicted molar refractivity (Wildman–Crippen MR) is 92.6 cm³/mol. The Kier molecular flexibility index (Phi) is 7.22. The molecule has 130 valence electrons. The number of allylic oxidation sites excluding steroid dienone is 2. The first-order valence-corrected chi connectivity index (χ1v) is 7.83. The smallest absolute Gasteiger partial charge is 0.360 e. The molecule has 2 heterocycles. The summed E-state index contributed by atoms with van der Waals surface area (Å²) in [6.07, 6.45) is 4.65. The third-order valence-electron chi connectivity index (χ3n) is 2.94. The van der Waals surface area contributed by atoms with E-state index in [0.29, 0.717) is 23.0 Å². The van der Waals surface area contributed by atoms with Gasteiger partial charge in [0.05, 0.1) is 5.69 Å². The SMILES string of the molecule is C/C=C\c1[nH]cc(-c2nc(Cl)ncc2C(F)(F)F)c1/C=C\C.CC. The summed E-state index contributed by atoms with van der Waals surface area (Å²) >= 11 is 5.68. The molecule has 0 amide bonds. The molecule has 0 aliphatic heterocycles. The fourth-order valence-corrected chi connectivity index (χ4v) is 2.20. The van der Waals surface area contributed by atoms with E-state index in [1.165, 1.54) is 6.20 Å². The summed E-state index contributed by atoms with van der Waals surface area (Å²) in [7, 11) is 0. The molecular weight excluding hydrogens is 339 g/mol. The molecule has 0 saturated heterocycles. The predicted octanol–water partition coefficient (Wildman–Crippen LogP) is 6.24. The Hall–Kier alpha value is -2.08.